The number of carbonyl (C=O) groups is 1. The van der Waals surface area contributed by atoms with Gasteiger partial charge in [-0.15, -0.1) is 11.3 Å². The molecule has 0 spiro atoms. The summed E-state index contributed by atoms with van der Waals surface area (Å²) in [6.45, 7) is 2.52. The largest absolute Gasteiger partial charge is 0.387 e. The molecule has 2 amide bonds. The van der Waals surface area contributed by atoms with E-state index in [9.17, 15) is 9.90 Å². The van der Waals surface area contributed by atoms with Gasteiger partial charge in [-0.25, -0.2) is 9.78 Å². The van der Waals surface area contributed by atoms with Crippen molar-refractivity contribution in [1.82, 2.24) is 15.6 Å². The molecule has 1 heterocycles. The molecule has 3 aromatic rings. The summed E-state index contributed by atoms with van der Waals surface area (Å²) < 4.78 is 0. The van der Waals surface area contributed by atoms with Gasteiger partial charge in [0.15, 0.2) is 0 Å². The van der Waals surface area contributed by atoms with Crippen LogP contribution in [0.15, 0.2) is 48.7 Å². The second-order valence-corrected chi connectivity index (χ2v) is 6.85. The first kappa shape index (κ1) is 16.4. The molecule has 0 radical (unpaired) electrons. The number of aliphatic hydroxyl groups excluding tert-OH is 1. The first-order valence-electron chi connectivity index (χ1n) is 7.71. The van der Waals surface area contributed by atoms with Crippen LogP contribution in [0, 0.1) is 6.92 Å². The molecule has 0 fully saturated rings. The van der Waals surface area contributed by atoms with Gasteiger partial charge >= 0.3 is 6.03 Å². The van der Waals surface area contributed by atoms with Crippen LogP contribution in [0.1, 0.15) is 21.6 Å². The van der Waals surface area contributed by atoms with Gasteiger partial charge in [-0.3, -0.25) is 0 Å². The number of aliphatic hydroxyl groups is 1. The van der Waals surface area contributed by atoms with Crippen molar-refractivity contribution in [2.45, 2.75) is 19.6 Å². The first-order valence-corrected chi connectivity index (χ1v) is 8.53. The Labute approximate surface area is 144 Å². The maximum atomic E-state index is 11.8. The monoisotopic (exact) mass is 341 g/mol. The van der Waals surface area contributed by atoms with Crippen molar-refractivity contribution in [1.29, 1.82) is 0 Å². The van der Waals surface area contributed by atoms with Gasteiger partial charge < -0.3 is 15.7 Å². The molecule has 0 saturated heterocycles. The van der Waals surface area contributed by atoms with E-state index in [1.165, 1.54) is 0 Å². The predicted molar refractivity (Wildman–Crippen MR) is 96.0 cm³/mol. The molecule has 0 aliphatic heterocycles. The van der Waals surface area contributed by atoms with Gasteiger partial charge in [-0.2, -0.15) is 0 Å². The van der Waals surface area contributed by atoms with Gasteiger partial charge in [-0.05, 0) is 29.3 Å². The maximum Gasteiger partial charge on any atom is 0.315 e. The van der Waals surface area contributed by atoms with E-state index in [1.807, 2.05) is 49.4 Å². The number of nitrogens with one attached hydrogen (secondary N) is 2. The number of urea groups is 1. The molecular formula is C18H19N3O2S. The van der Waals surface area contributed by atoms with Crippen molar-refractivity contribution in [3.05, 3.63) is 64.1 Å². The number of fused-ring (bicyclic) bond motifs is 1. The Kier molecular flexibility index (Phi) is 5.08. The van der Waals surface area contributed by atoms with Crippen molar-refractivity contribution in [2.24, 2.45) is 0 Å². The van der Waals surface area contributed by atoms with E-state index in [2.05, 4.69) is 15.6 Å². The van der Waals surface area contributed by atoms with Gasteiger partial charge in [0.25, 0.3) is 0 Å². The molecule has 2 aromatic carbocycles. The number of thiazole rings is 1. The maximum absolute atomic E-state index is 11.8. The quantitative estimate of drug-likeness (QED) is 0.667. The summed E-state index contributed by atoms with van der Waals surface area (Å²) in [5.41, 5.74) is 0.784. The summed E-state index contributed by atoms with van der Waals surface area (Å²) in [5, 5.41) is 18.9. The third-order valence-corrected chi connectivity index (χ3v) is 4.62. The second kappa shape index (κ2) is 7.42. The van der Waals surface area contributed by atoms with Crippen molar-refractivity contribution >= 4 is 28.1 Å². The summed E-state index contributed by atoms with van der Waals surface area (Å²) in [7, 11) is 0. The molecule has 1 atom stereocenters. The summed E-state index contributed by atoms with van der Waals surface area (Å²) in [6, 6.07) is 13.5. The van der Waals surface area contributed by atoms with E-state index in [0.29, 0.717) is 6.54 Å². The molecule has 3 N–H and O–H groups in total. The molecule has 1 unspecified atom stereocenters. The normalized spacial score (nSPS) is 12.1. The molecule has 0 saturated carbocycles. The Morgan fingerprint density at radius 1 is 1.21 bits per heavy atom. The molecule has 1 aromatic heterocycles. The first-order chi connectivity index (χ1) is 11.6. The highest BCUT2D eigenvalue weighted by atomic mass is 32.1. The summed E-state index contributed by atoms with van der Waals surface area (Å²) in [6.07, 6.45) is 1.01. The fraction of sp³-hybridized carbons (Fsp3) is 0.222. The summed E-state index contributed by atoms with van der Waals surface area (Å²) in [5.74, 6) is 0. The average Bonchev–Trinajstić information content (AvgIpc) is 3.02. The zero-order valence-electron chi connectivity index (χ0n) is 13.3. The van der Waals surface area contributed by atoms with Crippen LogP contribution in [-0.2, 0) is 6.54 Å². The third-order valence-electron chi connectivity index (χ3n) is 3.71. The Morgan fingerprint density at radius 3 is 2.75 bits per heavy atom. The van der Waals surface area contributed by atoms with Crippen molar-refractivity contribution in [3.8, 4) is 0 Å². The number of carbonyl (C=O) groups excluding carboxylic acids is 1. The van der Waals surface area contributed by atoms with E-state index in [-0.39, 0.29) is 12.6 Å². The SMILES string of the molecule is Cc1ncc(CNC(=O)NCC(O)c2ccc3ccccc3c2)s1. The van der Waals surface area contributed by atoms with E-state index in [1.54, 1.807) is 17.5 Å². The lowest BCUT2D eigenvalue weighted by molar-refractivity contribution is 0.173. The molecule has 3 rings (SSSR count). The lowest BCUT2D eigenvalue weighted by Gasteiger charge is -2.13. The van der Waals surface area contributed by atoms with Gasteiger partial charge in [0, 0.05) is 17.6 Å². The van der Waals surface area contributed by atoms with Gasteiger partial charge in [0.2, 0.25) is 0 Å². The van der Waals surface area contributed by atoms with Gasteiger partial charge in [0.1, 0.15) is 0 Å². The standard InChI is InChI=1S/C18H19N3O2S/c1-12-19-9-16(24-12)10-20-18(23)21-11-17(22)15-7-6-13-4-2-3-5-14(13)8-15/h2-9,17,22H,10-11H2,1H3,(H2,20,21,23). The molecule has 0 aliphatic carbocycles. The van der Waals surface area contributed by atoms with Crippen LogP contribution in [0.5, 0.6) is 0 Å². The third kappa shape index (κ3) is 4.10. The van der Waals surface area contributed by atoms with E-state index in [0.717, 1.165) is 26.2 Å². The predicted octanol–water partition coefficient (Wildman–Crippen LogP) is 3.14. The van der Waals surface area contributed by atoms with Crippen molar-refractivity contribution < 1.29 is 9.90 Å². The van der Waals surface area contributed by atoms with Crippen molar-refractivity contribution in [2.75, 3.05) is 6.54 Å². The molecule has 24 heavy (non-hydrogen) atoms. The highest BCUT2D eigenvalue weighted by molar-refractivity contribution is 7.11. The zero-order valence-corrected chi connectivity index (χ0v) is 14.1. The summed E-state index contributed by atoms with van der Waals surface area (Å²) >= 11 is 1.55. The molecule has 124 valence electrons. The summed E-state index contributed by atoms with van der Waals surface area (Å²) in [4.78, 5) is 17.0. The van der Waals surface area contributed by atoms with Gasteiger partial charge in [0.05, 0.1) is 17.7 Å². The number of hydrogen-bond donors (Lipinski definition) is 3. The van der Waals surface area contributed by atoms with Crippen LogP contribution in [-0.4, -0.2) is 22.7 Å². The lowest BCUT2D eigenvalue weighted by Crippen LogP contribution is -2.37. The van der Waals surface area contributed by atoms with Crippen LogP contribution in [0.3, 0.4) is 0 Å². The Hall–Kier alpha value is -2.44. The minimum absolute atomic E-state index is 0.159. The minimum Gasteiger partial charge on any atom is -0.387 e. The van der Waals surface area contributed by atoms with Crippen LogP contribution in [0.4, 0.5) is 4.79 Å². The van der Waals surface area contributed by atoms with Crippen LogP contribution < -0.4 is 10.6 Å². The number of rotatable bonds is 5. The fourth-order valence-corrected chi connectivity index (χ4v) is 3.17. The fourth-order valence-electron chi connectivity index (χ4n) is 2.44. The molecule has 6 heteroatoms. The average molecular weight is 341 g/mol. The molecule has 5 nitrogen and oxygen atoms in total. The Morgan fingerprint density at radius 2 is 2.00 bits per heavy atom. The topological polar surface area (TPSA) is 74.2 Å². The highest BCUT2D eigenvalue weighted by Gasteiger charge is 2.10. The van der Waals surface area contributed by atoms with Crippen LogP contribution in [0.25, 0.3) is 10.8 Å². The van der Waals surface area contributed by atoms with E-state index in [4.69, 9.17) is 0 Å². The smallest absolute Gasteiger partial charge is 0.315 e. The number of amides is 2. The van der Waals surface area contributed by atoms with E-state index < -0.39 is 6.10 Å². The van der Waals surface area contributed by atoms with Gasteiger partial charge in [-0.1, -0.05) is 36.4 Å². The number of aromatic nitrogens is 1. The molecule has 0 aliphatic rings. The number of aryl methyl sites for hydroxylation is 1. The Balaban J connectivity index is 1.52. The van der Waals surface area contributed by atoms with E-state index >= 15 is 0 Å². The number of nitrogens with zero attached hydrogens (tertiary/aromatic N) is 1. The van der Waals surface area contributed by atoms with Crippen molar-refractivity contribution in [3.63, 3.8) is 0 Å². The van der Waals surface area contributed by atoms with Crippen LogP contribution >= 0.6 is 11.3 Å². The minimum atomic E-state index is -0.744. The zero-order chi connectivity index (χ0) is 16.9. The second-order valence-electron chi connectivity index (χ2n) is 5.53. The Bertz CT molecular complexity index is 847. The number of hydrogen-bond acceptors (Lipinski definition) is 4. The van der Waals surface area contributed by atoms with Crippen LogP contribution in [0.2, 0.25) is 0 Å². The molecule has 0 bridgehead atoms. The highest BCUT2D eigenvalue weighted by Crippen LogP contribution is 2.20. The molecular weight excluding hydrogens is 322 g/mol. The lowest BCUT2D eigenvalue weighted by atomic mass is 10.0. The number of benzene rings is 2.